The number of rotatable bonds is 5. The van der Waals surface area contributed by atoms with Crippen molar-refractivity contribution in [3.63, 3.8) is 0 Å². The van der Waals surface area contributed by atoms with E-state index in [-0.39, 0.29) is 12.2 Å². The van der Waals surface area contributed by atoms with Gasteiger partial charge in [-0.05, 0) is 38.4 Å². The number of aliphatic imine (C=N–C) groups is 1. The average molecular weight is 325 g/mol. The first-order chi connectivity index (χ1) is 11.5. The van der Waals surface area contributed by atoms with Gasteiger partial charge in [-0.1, -0.05) is 6.07 Å². The average Bonchev–Trinajstić information content (AvgIpc) is 2.87. The Morgan fingerprint density at radius 2 is 2.21 bits per heavy atom. The molecule has 3 rings (SSSR count). The second-order valence-electron chi connectivity index (χ2n) is 5.79. The minimum Gasteiger partial charge on any atom is -0.474 e. The zero-order valence-corrected chi connectivity index (χ0v) is 13.7. The van der Waals surface area contributed by atoms with E-state index in [1.54, 1.807) is 16.7 Å². The van der Waals surface area contributed by atoms with Gasteiger partial charge in [0.1, 0.15) is 12.3 Å². The topological polar surface area (TPSA) is 83.0 Å². The summed E-state index contributed by atoms with van der Waals surface area (Å²) in [5, 5.41) is 12.0. The molecule has 0 aliphatic heterocycles. The molecule has 2 heterocycles. The number of carbonyl (C=O) groups excluding carboxylic acids is 1. The van der Waals surface area contributed by atoms with Crippen LogP contribution in [0, 0.1) is 5.41 Å². The fraction of sp³-hybridized carbons (Fsp3) is 0.294. The summed E-state index contributed by atoms with van der Waals surface area (Å²) in [6.45, 7) is 1.23. The molecule has 2 aromatic rings. The summed E-state index contributed by atoms with van der Waals surface area (Å²) in [5.74, 6) is 0.231. The number of carbonyl (C=O) groups is 1. The fourth-order valence-electron chi connectivity index (χ4n) is 2.31. The Labute approximate surface area is 139 Å². The Kier molecular flexibility index (Phi) is 4.52. The van der Waals surface area contributed by atoms with Crippen LogP contribution in [0.4, 0.5) is 5.69 Å². The quantitative estimate of drug-likeness (QED) is 0.910. The number of nitrogens with one attached hydrogen (secondary N) is 1. The molecule has 0 saturated heterocycles. The highest BCUT2D eigenvalue weighted by Crippen LogP contribution is 2.32. The molecule has 7 heteroatoms. The van der Waals surface area contributed by atoms with Crippen LogP contribution in [-0.4, -0.2) is 59.0 Å². The molecule has 0 atom stereocenters. The SMILES string of the molecule is CN(C)CCOc1nn2ccccc2c1N=C1C=CC(=N)CC1=O. The van der Waals surface area contributed by atoms with E-state index in [1.807, 2.05) is 43.4 Å². The normalized spacial score (nSPS) is 16.5. The Morgan fingerprint density at radius 3 is 2.96 bits per heavy atom. The lowest BCUT2D eigenvalue weighted by Crippen LogP contribution is -2.20. The first-order valence-corrected chi connectivity index (χ1v) is 7.67. The third kappa shape index (κ3) is 3.41. The molecule has 1 N–H and O–H groups in total. The van der Waals surface area contributed by atoms with E-state index < -0.39 is 0 Å². The van der Waals surface area contributed by atoms with Gasteiger partial charge in [-0.15, -0.1) is 5.10 Å². The fourth-order valence-corrected chi connectivity index (χ4v) is 2.31. The van der Waals surface area contributed by atoms with Gasteiger partial charge in [0.15, 0.2) is 11.5 Å². The van der Waals surface area contributed by atoms with Crippen molar-refractivity contribution in [2.75, 3.05) is 27.2 Å². The van der Waals surface area contributed by atoms with E-state index >= 15 is 0 Å². The van der Waals surface area contributed by atoms with Gasteiger partial charge in [-0.2, -0.15) is 0 Å². The van der Waals surface area contributed by atoms with E-state index in [2.05, 4.69) is 10.1 Å². The van der Waals surface area contributed by atoms with Crippen LogP contribution in [0.3, 0.4) is 0 Å². The van der Waals surface area contributed by atoms with Crippen molar-refractivity contribution in [3.8, 4) is 5.88 Å². The number of pyridine rings is 1. The molecule has 0 unspecified atom stereocenters. The molecule has 1 aliphatic rings. The van der Waals surface area contributed by atoms with Crippen LogP contribution in [0.1, 0.15) is 6.42 Å². The van der Waals surface area contributed by atoms with Crippen LogP contribution in [0.5, 0.6) is 5.88 Å². The van der Waals surface area contributed by atoms with Crippen molar-refractivity contribution in [3.05, 3.63) is 36.5 Å². The van der Waals surface area contributed by atoms with Crippen LogP contribution in [0.15, 0.2) is 41.5 Å². The number of fused-ring (bicyclic) bond motifs is 1. The number of allylic oxidation sites excluding steroid dienone is 2. The Morgan fingerprint density at radius 1 is 1.38 bits per heavy atom. The largest absolute Gasteiger partial charge is 0.474 e. The number of likely N-dealkylation sites (N-methyl/N-ethyl adjacent to an activating group) is 1. The number of Topliss-reactive ketones (excluding diaryl/α,β-unsaturated/α-hetero) is 1. The van der Waals surface area contributed by atoms with Crippen molar-refractivity contribution < 1.29 is 9.53 Å². The lowest BCUT2D eigenvalue weighted by molar-refractivity contribution is -0.111. The van der Waals surface area contributed by atoms with Gasteiger partial charge < -0.3 is 15.0 Å². The minimum absolute atomic E-state index is 0.0748. The lowest BCUT2D eigenvalue weighted by atomic mass is 10.0. The van der Waals surface area contributed by atoms with Crippen LogP contribution in [0.25, 0.3) is 5.52 Å². The van der Waals surface area contributed by atoms with Gasteiger partial charge >= 0.3 is 0 Å². The van der Waals surface area contributed by atoms with E-state index in [0.29, 0.717) is 29.6 Å². The Balaban J connectivity index is 2.00. The summed E-state index contributed by atoms with van der Waals surface area (Å²) < 4.78 is 7.46. The van der Waals surface area contributed by atoms with Gasteiger partial charge in [-0.25, -0.2) is 9.51 Å². The molecular weight excluding hydrogens is 306 g/mol. The Bertz CT molecular complexity index is 848. The molecule has 2 aromatic heterocycles. The van der Waals surface area contributed by atoms with E-state index in [0.717, 1.165) is 12.1 Å². The predicted octanol–water partition coefficient (Wildman–Crippen LogP) is 1.90. The summed E-state index contributed by atoms with van der Waals surface area (Å²) in [7, 11) is 3.93. The van der Waals surface area contributed by atoms with Gasteiger partial charge in [-0.3, -0.25) is 4.79 Å². The zero-order valence-electron chi connectivity index (χ0n) is 13.7. The van der Waals surface area contributed by atoms with Crippen molar-refractivity contribution in [2.24, 2.45) is 4.99 Å². The number of aromatic nitrogens is 2. The van der Waals surface area contributed by atoms with Crippen molar-refractivity contribution in [1.29, 1.82) is 5.41 Å². The molecule has 0 amide bonds. The van der Waals surface area contributed by atoms with Gasteiger partial charge in [0.2, 0.25) is 0 Å². The molecule has 1 aliphatic carbocycles. The smallest absolute Gasteiger partial charge is 0.260 e. The summed E-state index contributed by atoms with van der Waals surface area (Å²) in [6.07, 6.45) is 5.06. The first kappa shape index (κ1) is 16.1. The molecule has 0 spiro atoms. The van der Waals surface area contributed by atoms with Crippen molar-refractivity contribution in [2.45, 2.75) is 6.42 Å². The lowest BCUT2D eigenvalue weighted by Gasteiger charge is -2.10. The third-order valence-corrected chi connectivity index (χ3v) is 3.57. The maximum absolute atomic E-state index is 12.1. The number of ketones is 1. The van der Waals surface area contributed by atoms with Crippen LogP contribution in [-0.2, 0) is 4.79 Å². The second-order valence-corrected chi connectivity index (χ2v) is 5.79. The number of ether oxygens (including phenoxy) is 1. The highest BCUT2D eigenvalue weighted by Gasteiger charge is 2.19. The van der Waals surface area contributed by atoms with Crippen molar-refractivity contribution >= 4 is 28.4 Å². The van der Waals surface area contributed by atoms with Crippen LogP contribution in [0.2, 0.25) is 0 Å². The van der Waals surface area contributed by atoms with E-state index in [1.165, 1.54) is 0 Å². The maximum Gasteiger partial charge on any atom is 0.260 e. The molecule has 0 aromatic carbocycles. The van der Waals surface area contributed by atoms with Crippen molar-refractivity contribution in [1.82, 2.24) is 14.5 Å². The number of hydrogen-bond acceptors (Lipinski definition) is 6. The first-order valence-electron chi connectivity index (χ1n) is 7.67. The molecule has 7 nitrogen and oxygen atoms in total. The molecule has 124 valence electrons. The zero-order chi connectivity index (χ0) is 17.1. The Hall–Kier alpha value is -2.80. The second kappa shape index (κ2) is 6.76. The summed E-state index contributed by atoms with van der Waals surface area (Å²) in [5.41, 5.74) is 1.92. The monoisotopic (exact) mass is 325 g/mol. The third-order valence-electron chi connectivity index (χ3n) is 3.57. The van der Waals surface area contributed by atoms with Gasteiger partial charge in [0.25, 0.3) is 5.88 Å². The number of hydrogen-bond donors (Lipinski definition) is 1. The van der Waals surface area contributed by atoms with Gasteiger partial charge in [0, 0.05) is 18.5 Å². The number of nitrogens with zero attached hydrogens (tertiary/aromatic N) is 4. The molecule has 0 bridgehead atoms. The molecule has 24 heavy (non-hydrogen) atoms. The highest BCUT2D eigenvalue weighted by molar-refractivity contribution is 6.50. The minimum atomic E-state index is -0.169. The van der Waals surface area contributed by atoms with E-state index in [9.17, 15) is 4.79 Å². The predicted molar refractivity (Wildman–Crippen MR) is 92.8 cm³/mol. The summed E-state index contributed by atoms with van der Waals surface area (Å²) >= 11 is 0. The van der Waals surface area contributed by atoms with Crippen LogP contribution < -0.4 is 4.74 Å². The summed E-state index contributed by atoms with van der Waals surface area (Å²) in [6, 6.07) is 5.64. The highest BCUT2D eigenvalue weighted by atomic mass is 16.5. The van der Waals surface area contributed by atoms with Gasteiger partial charge in [0.05, 0.1) is 11.9 Å². The molecule has 0 saturated carbocycles. The molecule has 0 fully saturated rings. The van der Waals surface area contributed by atoms with Crippen LogP contribution >= 0.6 is 0 Å². The maximum atomic E-state index is 12.1. The summed E-state index contributed by atoms with van der Waals surface area (Å²) in [4.78, 5) is 18.6. The standard InChI is InChI=1S/C17H19N5O2/c1-21(2)9-10-24-17-16(14-5-3-4-8-22(14)20-17)19-13-7-6-12(18)11-15(13)23/h3-8,18H,9-11H2,1-2H3. The molecule has 0 radical (unpaired) electrons. The van der Waals surface area contributed by atoms with E-state index in [4.69, 9.17) is 10.1 Å². The molecular formula is C17H19N5O2.